The molecule has 1 aromatic rings. The van der Waals surface area contributed by atoms with Crippen molar-refractivity contribution in [2.24, 2.45) is 5.92 Å². The monoisotopic (exact) mass is 247 g/mol. The van der Waals surface area contributed by atoms with Crippen molar-refractivity contribution < 1.29 is 9.90 Å². The van der Waals surface area contributed by atoms with E-state index in [2.05, 4.69) is 32.9 Å². The second-order valence-corrected chi connectivity index (χ2v) is 6.05. The van der Waals surface area contributed by atoms with Crippen molar-refractivity contribution >= 4 is 11.6 Å². The predicted molar refractivity (Wildman–Crippen MR) is 72.7 cm³/mol. The summed E-state index contributed by atoms with van der Waals surface area (Å²) in [6.07, 6.45) is 0.456. The molecule has 1 aromatic carbocycles. The summed E-state index contributed by atoms with van der Waals surface area (Å²) >= 11 is 0. The van der Waals surface area contributed by atoms with E-state index in [-0.39, 0.29) is 23.8 Å². The third-order valence-corrected chi connectivity index (χ3v) is 3.51. The van der Waals surface area contributed by atoms with Crippen LogP contribution in [0.25, 0.3) is 0 Å². The summed E-state index contributed by atoms with van der Waals surface area (Å²) in [4.78, 5) is 13.6. The molecule has 0 unspecified atom stereocenters. The number of anilines is 1. The zero-order chi connectivity index (χ0) is 13.3. The molecule has 1 heterocycles. The average molecular weight is 247 g/mol. The van der Waals surface area contributed by atoms with Crippen LogP contribution in [0.2, 0.25) is 0 Å². The molecule has 2 rings (SSSR count). The second-order valence-electron chi connectivity index (χ2n) is 6.05. The number of hydrogen-bond acceptors (Lipinski definition) is 2. The van der Waals surface area contributed by atoms with Crippen LogP contribution in [0.5, 0.6) is 0 Å². The van der Waals surface area contributed by atoms with E-state index in [1.54, 1.807) is 4.90 Å². The summed E-state index contributed by atoms with van der Waals surface area (Å²) in [5.74, 6) is 0.192. The Labute approximate surface area is 108 Å². The second kappa shape index (κ2) is 4.73. The van der Waals surface area contributed by atoms with E-state index >= 15 is 0 Å². The van der Waals surface area contributed by atoms with Crippen molar-refractivity contribution in [1.82, 2.24) is 0 Å². The zero-order valence-electron chi connectivity index (χ0n) is 11.3. The molecule has 1 atom stereocenters. The molecule has 0 radical (unpaired) electrons. The Bertz CT molecular complexity index is 431. The Kier molecular flexibility index (Phi) is 3.44. The van der Waals surface area contributed by atoms with Gasteiger partial charge in [-0.05, 0) is 23.1 Å². The lowest BCUT2D eigenvalue weighted by atomic mass is 9.87. The first kappa shape index (κ1) is 13.1. The highest BCUT2D eigenvalue weighted by atomic mass is 16.3. The Morgan fingerprint density at radius 1 is 1.28 bits per heavy atom. The number of amides is 1. The quantitative estimate of drug-likeness (QED) is 0.871. The van der Waals surface area contributed by atoms with Crippen LogP contribution in [0, 0.1) is 5.92 Å². The molecule has 1 N–H and O–H groups in total. The molecule has 1 aliphatic rings. The van der Waals surface area contributed by atoms with E-state index in [1.807, 2.05) is 12.1 Å². The lowest BCUT2D eigenvalue weighted by Crippen LogP contribution is -2.25. The topological polar surface area (TPSA) is 40.5 Å². The Balaban J connectivity index is 2.18. The molecule has 0 aliphatic carbocycles. The van der Waals surface area contributed by atoms with Crippen LogP contribution in [-0.4, -0.2) is 24.2 Å². The van der Waals surface area contributed by atoms with Crippen molar-refractivity contribution in [2.45, 2.75) is 32.6 Å². The smallest absolute Gasteiger partial charge is 0.227 e. The van der Waals surface area contributed by atoms with E-state index in [0.29, 0.717) is 13.0 Å². The highest BCUT2D eigenvalue weighted by molar-refractivity contribution is 5.95. The van der Waals surface area contributed by atoms with E-state index in [0.717, 1.165) is 5.69 Å². The van der Waals surface area contributed by atoms with Crippen molar-refractivity contribution in [1.29, 1.82) is 0 Å². The van der Waals surface area contributed by atoms with E-state index in [9.17, 15) is 4.79 Å². The Hall–Kier alpha value is -1.35. The standard InChI is InChI=1S/C15H21NO2/c1-15(2,3)12-4-6-13(7-5-12)16-9-11(10-17)8-14(16)18/h4-7,11,17H,8-10H2,1-3H3/t11-/m1/s1. The first-order chi connectivity index (χ1) is 8.41. The highest BCUT2D eigenvalue weighted by Gasteiger charge is 2.30. The molecule has 1 fully saturated rings. The van der Waals surface area contributed by atoms with E-state index < -0.39 is 0 Å². The van der Waals surface area contributed by atoms with Gasteiger partial charge in [0.05, 0.1) is 0 Å². The Morgan fingerprint density at radius 3 is 2.33 bits per heavy atom. The maximum Gasteiger partial charge on any atom is 0.227 e. The number of rotatable bonds is 2. The molecule has 1 amide bonds. The van der Waals surface area contributed by atoms with E-state index in [4.69, 9.17) is 5.11 Å². The largest absolute Gasteiger partial charge is 0.396 e. The van der Waals surface area contributed by atoms with Gasteiger partial charge in [-0.15, -0.1) is 0 Å². The van der Waals surface area contributed by atoms with Crippen LogP contribution in [0.4, 0.5) is 5.69 Å². The SMILES string of the molecule is CC(C)(C)c1ccc(N2C[C@H](CO)CC2=O)cc1. The van der Waals surface area contributed by atoms with Gasteiger partial charge < -0.3 is 10.0 Å². The number of aliphatic hydroxyl groups excluding tert-OH is 1. The molecule has 0 bridgehead atoms. The lowest BCUT2D eigenvalue weighted by Gasteiger charge is -2.21. The number of carbonyl (C=O) groups excluding carboxylic acids is 1. The third kappa shape index (κ3) is 2.56. The summed E-state index contributed by atoms with van der Waals surface area (Å²) in [6, 6.07) is 8.15. The molecule has 98 valence electrons. The first-order valence-corrected chi connectivity index (χ1v) is 6.43. The van der Waals surface area contributed by atoms with Gasteiger partial charge in [-0.25, -0.2) is 0 Å². The molecule has 3 nitrogen and oxygen atoms in total. The maximum atomic E-state index is 11.8. The van der Waals surface area contributed by atoms with Crippen molar-refractivity contribution in [3.63, 3.8) is 0 Å². The Morgan fingerprint density at radius 2 is 1.89 bits per heavy atom. The molecule has 1 saturated heterocycles. The van der Waals surface area contributed by atoms with Gasteiger partial charge in [0.25, 0.3) is 0 Å². The minimum absolute atomic E-state index is 0.0831. The molecular weight excluding hydrogens is 226 g/mol. The third-order valence-electron chi connectivity index (χ3n) is 3.51. The minimum Gasteiger partial charge on any atom is -0.396 e. The average Bonchev–Trinajstić information content (AvgIpc) is 2.70. The molecule has 0 aromatic heterocycles. The van der Waals surface area contributed by atoms with Gasteiger partial charge in [-0.2, -0.15) is 0 Å². The maximum absolute atomic E-state index is 11.8. The fourth-order valence-corrected chi connectivity index (χ4v) is 2.29. The summed E-state index contributed by atoms with van der Waals surface area (Å²) in [7, 11) is 0. The molecular formula is C15H21NO2. The van der Waals surface area contributed by atoms with Crippen molar-refractivity contribution in [2.75, 3.05) is 18.1 Å². The fourth-order valence-electron chi connectivity index (χ4n) is 2.29. The zero-order valence-corrected chi connectivity index (χ0v) is 11.3. The number of nitrogens with zero attached hydrogens (tertiary/aromatic N) is 1. The van der Waals surface area contributed by atoms with Crippen molar-refractivity contribution in [3.05, 3.63) is 29.8 Å². The predicted octanol–water partition coefficient (Wildman–Crippen LogP) is 2.33. The highest BCUT2D eigenvalue weighted by Crippen LogP contribution is 2.28. The minimum atomic E-state index is 0.0831. The number of benzene rings is 1. The van der Waals surface area contributed by atoms with Crippen LogP contribution in [0.3, 0.4) is 0 Å². The summed E-state index contributed by atoms with van der Waals surface area (Å²) < 4.78 is 0. The van der Waals surface area contributed by atoms with Crippen LogP contribution in [0.15, 0.2) is 24.3 Å². The molecule has 1 aliphatic heterocycles. The fraction of sp³-hybridized carbons (Fsp3) is 0.533. The van der Waals surface area contributed by atoms with Gasteiger partial charge in [0.15, 0.2) is 0 Å². The van der Waals surface area contributed by atoms with Gasteiger partial charge in [-0.1, -0.05) is 32.9 Å². The molecule has 0 spiro atoms. The summed E-state index contributed by atoms with van der Waals surface area (Å²) in [5, 5.41) is 9.12. The lowest BCUT2D eigenvalue weighted by molar-refractivity contribution is -0.117. The van der Waals surface area contributed by atoms with Gasteiger partial charge in [-0.3, -0.25) is 4.79 Å². The van der Waals surface area contributed by atoms with E-state index in [1.165, 1.54) is 5.56 Å². The van der Waals surface area contributed by atoms with Gasteiger partial charge >= 0.3 is 0 Å². The van der Waals surface area contributed by atoms with Crippen molar-refractivity contribution in [3.8, 4) is 0 Å². The summed E-state index contributed by atoms with van der Waals surface area (Å²) in [5.41, 5.74) is 2.32. The summed E-state index contributed by atoms with van der Waals surface area (Å²) in [6.45, 7) is 7.23. The van der Waals surface area contributed by atoms with Gasteiger partial charge in [0.1, 0.15) is 0 Å². The van der Waals surface area contributed by atoms with Crippen LogP contribution < -0.4 is 4.90 Å². The van der Waals surface area contributed by atoms with Gasteiger partial charge in [0.2, 0.25) is 5.91 Å². The number of aliphatic hydroxyl groups is 1. The van der Waals surface area contributed by atoms with Crippen LogP contribution in [-0.2, 0) is 10.2 Å². The van der Waals surface area contributed by atoms with Crippen LogP contribution in [0.1, 0.15) is 32.8 Å². The van der Waals surface area contributed by atoms with Gasteiger partial charge in [0, 0.05) is 31.2 Å². The number of hydrogen-bond donors (Lipinski definition) is 1. The molecule has 3 heteroatoms. The normalized spacial score (nSPS) is 20.6. The molecule has 18 heavy (non-hydrogen) atoms. The van der Waals surface area contributed by atoms with Crippen LogP contribution >= 0.6 is 0 Å². The first-order valence-electron chi connectivity index (χ1n) is 6.43. The molecule has 0 saturated carbocycles. The number of carbonyl (C=O) groups is 1.